The number of halogens is 2. The summed E-state index contributed by atoms with van der Waals surface area (Å²) in [6.45, 7) is 0. The standard InChI is InChI=1S/C7H5Cl2NO5S/c8-4-15-7-2-1-5(16(9,13)14)3-6(7)10(11)12/h1-3H,4H2. The Morgan fingerprint density at radius 3 is 2.50 bits per heavy atom. The van der Waals surface area contributed by atoms with Gasteiger partial charge in [-0.25, -0.2) is 8.42 Å². The highest BCUT2D eigenvalue weighted by atomic mass is 35.7. The Labute approximate surface area is 100 Å². The molecule has 1 aromatic carbocycles. The van der Waals surface area contributed by atoms with Gasteiger partial charge in [-0.2, -0.15) is 0 Å². The predicted octanol–water partition coefficient (Wildman–Crippen LogP) is 2.10. The topological polar surface area (TPSA) is 86.5 Å². The van der Waals surface area contributed by atoms with Gasteiger partial charge >= 0.3 is 5.69 Å². The summed E-state index contributed by atoms with van der Waals surface area (Å²) in [5.41, 5.74) is -0.512. The molecule has 9 heteroatoms. The van der Waals surface area contributed by atoms with E-state index in [1.165, 1.54) is 0 Å². The molecule has 0 N–H and O–H groups in total. The van der Waals surface area contributed by atoms with Crippen molar-refractivity contribution in [3.63, 3.8) is 0 Å². The van der Waals surface area contributed by atoms with Crippen LogP contribution in [-0.4, -0.2) is 19.4 Å². The second-order valence-corrected chi connectivity index (χ2v) is 5.36. The largest absolute Gasteiger partial charge is 0.471 e. The van der Waals surface area contributed by atoms with Crippen molar-refractivity contribution in [3.8, 4) is 5.75 Å². The summed E-state index contributed by atoms with van der Waals surface area (Å²) in [7, 11) is 1.04. The molecule has 0 aliphatic rings. The molecular formula is C7H5Cl2NO5S. The average Bonchev–Trinajstić information content (AvgIpc) is 2.16. The van der Waals surface area contributed by atoms with Gasteiger partial charge in [-0.15, -0.1) is 0 Å². The van der Waals surface area contributed by atoms with E-state index in [9.17, 15) is 18.5 Å². The van der Waals surface area contributed by atoms with Crippen molar-refractivity contribution in [3.05, 3.63) is 28.3 Å². The van der Waals surface area contributed by atoms with Crippen molar-refractivity contribution in [2.75, 3.05) is 6.07 Å². The summed E-state index contributed by atoms with van der Waals surface area (Å²) >= 11 is 5.25. The van der Waals surface area contributed by atoms with E-state index in [0.29, 0.717) is 0 Å². The third-order valence-electron chi connectivity index (χ3n) is 1.62. The van der Waals surface area contributed by atoms with E-state index < -0.39 is 19.7 Å². The zero-order chi connectivity index (χ0) is 12.3. The van der Waals surface area contributed by atoms with Crippen molar-refractivity contribution in [1.29, 1.82) is 0 Å². The third-order valence-corrected chi connectivity index (χ3v) is 3.08. The Hall–Kier alpha value is -1.05. The fraction of sp³-hybridized carbons (Fsp3) is 0.143. The lowest BCUT2D eigenvalue weighted by atomic mass is 10.3. The molecule has 0 saturated heterocycles. The first-order valence-corrected chi connectivity index (χ1v) is 6.62. The van der Waals surface area contributed by atoms with Gasteiger partial charge in [0, 0.05) is 16.7 Å². The van der Waals surface area contributed by atoms with Crippen LogP contribution in [0.15, 0.2) is 23.1 Å². The van der Waals surface area contributed by atoms with Gasteiger partial charge in [-0.3, -0.25) is 10.1 Å². The Balaban J connectivity index is 3.34. The molecule has 0 heterocycles. The molecule has 0 unspecified atom stereocenters. The van der Waals surface area contributed by atoms with Gasteiger partial charge in [-0.05, 0) is 12.1 Å². The first-order valence-electron chi connectivity index (χ1n) is 3.78. The van der Waals surface area contributed by atoms with Crippen LogP contribution in [-0.2, 0) is 9.05 Å². The van der Waals surface area contributed by atoms with Crippen LogP contribution in [0.25, 0.3) is 0 Å². The molecule has 1 rings (SSSR count). The van der Waals surface area contributed by atoms with Gasteiger partial charge in [0.25, 0.3) is 9.05 Å². The van der Waals surface area contributed by atoms with E-state index in [1.54, 1.807) is 0 Å². The number of alkyl halides is 1. The molecule has 0 aliphatic carbocycles. The molecule has 0 saturated carbocycles. The van der Waals surface area contributed by atoms with Gasteiger partial charge in [0.15, 0.2) is 11.8 Å². The quantitative estimate of drug-likeness (QED) is 0.366. The number of hydrogen-bond donors (Lipinski definition) is 0. The number of benzene rings is 1. The van der Waals surface area contributed by atoms with Crippen LogP contribution in [0, 0.1) is 10.1 Å². The number of hydrogen-bond acceptors (Lipinski definition) is 5. The Morgan fingerprint density at radius 1 is 1.44 bits per heavy atom. The van der Waals surface area contributed by atoms with Crippen LogP contribution < -0.4 is 4.74 Å². The Bertz CT molecular complexity index is 516. The monoisotopic (exact) mass is 285 g/mol. The van der Waals surface area contributed by atoms with E-state index in [1.807, 2.05) is 0 Å². The lowest BCUT2D eigenvalue weighted by molar-refractivity contribution is -0.386. The lowest BCUT2D eigenvalue weighted by Crippen LogP contribution is -1.99. The van der Waals surface area contributed by atoms with Crippen molar-refractivity contribution >= 4 is 37.0 Å². The minimum absolute atomic E-state index is 0.121. The van der Waals surface area contributed by atoms with E-state index in [2.05, 4.69) is 0 Å². The molecule has 0 aliphatic heterocycles. The zero-order valence-electron chi connectivity index (χ0n) is 7.59. The Kier molecular flexibility index (Phi) is 3.95. The van der Waals surface area contributed by atoms with Crippen molar-refractivity contribution in [2.45, 2.75) is 4.90 Å². The molecule has 0 bridgehead atoms. The molecule has 0 spiro atoms. The molecule has 16 heavy (non-hydrogen) atoms. The molecular weight excluding hydrogens is 281 g/mol. The Morgan fingerprint density at radius 2 is 2.06 bits per heavy atom. The summed E-state index contributed by atoms with van der Waals surface area (Å²) < 4.78 is 26.7. The number of nitrogens with zero attached hydrogens (tertiary/aromatic N) is 1. The van der Waals surface area contributed by atoms with Gasteiger partial charge in [-0.1, -0.05) is 11.6 Å². The zero-order valence-corrected chi connectivity index (χ0v) is 9.92. The van der Waals surface area contributed by atoms with Gasteiger partial charge < -0.3 is 4.74 Å². The molecule has 0 aromatic heterocycles. The summed E-state index contributed by atoms with van der Waals surface area (Å²) in [4.78, 5) is 9.46. The van der Waals surface area contributed by atoms with E-state index in [0.717, 1.165) is 18.2 Å². The maximum atomic E-state index is 11.0. The normalized spacial score (nSPS) is 11.1. The van der Waals surface area contributed by atoms with E-state index in [4.69, 9.17) is 27.0 Å². The molecule has 0 radical (unpaired) electrons. The number of nitro groups is 1. The fourth-order valence-electron chi connectivity index (χ4n) is 0.972. The smallest absolute Gasteiger partial charge is 0.312 e. The molecule has 88 valence electrons. The number of nitro benzene ring substituents is 1. The first-order chi connectivity index (χ1) is 7.36. The van der Waals surface area contributed by atoms with Crippen LogP contribution in [0.5, 0.6) is 5.75 Å². The molecule has 1 aromatic rings. The van der Waals surface area contributed by atoms with Crippen LogP contribution in [0.3, 0.4) is 0 Å². The highest BCUT2D eigenvalue weighted by molar-refractivity contribution is 8.13. The molecule has 0 fully saturated rings. The first kappa shape index (κ1) is 13.0. The number of rotatable bonds is 4. The van der Waals surface area contributed by atoms with Gasteiger partial charge in [0.2, 0.25) is 0 Å². The van der Waals surface area contributed by atoms with Crippen molar-refractivity contribution < 1.29 is 18.1 Å². The van der Waals surface area contributed by atoms with Crippen LogP contribution in [0.2, 0.25) is 0 Å². The van der Waals surface area contributed by atoms with Gasteiger partial charge in [0.05, 0.1) is 9.82 Å². The average molecular weight is 286 g/mol. The SMILES string of the molecule is O=[N+]([O-])c1cc(S(=O)(=O)Cl)ccc1OCCl. The van der Waals surface area contributed by atoms with E-state index >= 15 is 0 Å². The fourth-order valence-corrected chi connectivity index (χ4v) is 1.86. The molecule has 0 atom stereocenters. The van der Waals surface area contributed by atoms with Crippen LogP contribution >= 0.6 is 22.3 Å². The van der Waals surface area contributed by atoms with E-state index in [-0.39, 0.29) is 16.7 Å². The van der Waals surface area contributed by atoms with Crippen molar-refractivity contribution in [2.24, 2.45) is 0 Å². The third kappa shape index (κ3) is 2.97. The van der Waals surface area contributed by atoms with Crippen molar-refractivity contribution in [1.82, 2.24) is 0 Å². The highest BCUT2D eigenvalue weighted by Gasteiger charge is 2.20. The maximum absolute atomic E-state index is 11.0. The maximum Gasteiger partial charge on any atom is 0.312 e. The summed E-state index contributed by atoms with van der Waals surface area (Å²) in [6, 6.07) is 2.74. The molecule has 6 nitrogen and oxygen atoms in total. The van der Waals surface area contributed by atoms with Crippen LogP contribution in [0.1, 0.15) is 0 Å². The molecule has 0 amide bonds. The van der Waals surface area contributed by atoms with Crippen LogP contribution in [0.4, 0.5) is 5.69 Å². The van der Waals surface area contributed by atoms with Gasteiger partial charge in [0.1, 0.15) is 0 Å². The lowest BCUT2D eigenvalue weighted by Gasteiger charge is -2.03. The minimum Gasteiger partial charge on any atom is -0.471 e. The summed E-state index contributed by atoms with van der Waals surface area (Å²) in [5.74, 6) is -0.121. The second-order valence-electron chi connectivity index (χ2n) is 2.58. The highest BCUT2D eigenvalue weighted by Crippen LogP contribution is 2.30. The summed E-state index contributed by atoms with van der Waals surface area (Å²) in [5, 5.41) is 10.6. The number of ether oxygens (including phenoxy) is 1. The minimum atomic E-state index is -4.01. The summed E-state index contributed by atoms with van der Waals surface area (Å²) in [6.07, 6.45) is 0. The second kappa shape index (κ2) is 4.86. The predicted molar refractivity (Wildman–Crippen MR) is 57.5 cm³/mol.